The minimum absolute atomic E-state index is 0.0398. The Morgan fingerprint density at radius 3 is 2.78 bits per heavy atom. The molecular weight excluding hydrogens is 368 g/mol. The quantitative estimate of drug-likeness (QED) is 0.610. The van der Waals surface area contributed by atoms with Crippen LogP contribution in [0.4, 0.5) is 0 Å². The molecule has 1 aliphatic carbocycles. The number of H-pyrrole nitrogens is 1. The fourth-order valence-corrected chi connectivity index (χ4v) is 4.49. The first-order valence-electron chi connectivity index (χ1n) is 8.84. The van der Waals surface area contributed by atoms with Gasteiger partial charge in [0.1, 0.15) is 11.6 Å². The van der Waals surface area contributed by atoms with E-state index < -0.39 is 22.2 Å². The van der Waals surface area contributed by atoms with Crippen LogP contribution in [-0.2, 0) is 10.0 Å². The predicted molar refractivity (Wildman–Crippen MR) is 100 cm³/mol. The van der Waals surface area contributed by atoms with E-state index in [-0.39, 0.29) is 5.92 Å². The van der Waals surface area contributed by atoms with Crippen molar-refractivity contribution >= 4 is 21.1 Å². The van der Waals surface area contributed by atoms with E-state index in [1.165, 1.54) is 0 Å². The first kappa shape index (κ1) is 18.1. The first-order chi connectivity index (χ1) is 12.8. The van der Waals surface area contributed by atoms with Gasteiger partial charge in [-0.2, -0.15) is 4.68 Å². The second-order valence-electron chi connectivity index (χ2n) is 7.08. The van der Waals surface area contributed by atoms with Gasteiger partial charge in [-0.3, -0.25) is 0 Å². The lowest BCUT2D eigenvalue weighted by molar-refractivity contribution is 0.0919. The Bertz CT molecular complexity index is 1040. The fourth-order valence-electron chi connectivity index (χ4n) is 3.68. The van der Waals surface area contributed by atoms with Gasteiger partial charge in [-0.25, -0.2) is 23.1 Å². The smallest absolute Gasteiger partial charge is 0.230 e. The summed E-state index contributed by atoms with van der Waals surface area (Å²) in [5, 5.41) is 14.7. The van der Waals surface area contributed by atoms with Gasteiger partial charge < -0.3 is 10.1 Å². The molecule has 1 aromatic carbocycles. The van der Waals surface area contributed by atoms with Crippen molar-refractivity contribution in [1.29, 1.82) is 0 Å². The lowest BCUT2D eigenvalue weighted by Crippen LogP contribution is -2.46. The van der Waals surface area contributed by atoms with Crippen molar-refractivity contribution in [3.8, 4) is 5.95 Å². The molecular formula is C17H22N6O3S. The Labute approximate surface area is 156 Å². The number of rotatable bonds is 4. The van der Waals surface area contributed by atoms with E-state index in [9.17, 15) is 13.5 Å². The van der Waals surface area contributed by atoms with Crippen LogP contribution < -0.4 is 4.72 Å². The molecule has 1 saturated carbocycles. The minimum atomic E-state index is -3.41. The molecule has 0 amide bonds. The van der Waals surface area contributed by atoms with Gasteiger partial charge >= 0.3 is 0 Å². The summed E-state index contributed by atoms with van der Waals surface area (Å²) in [6, 6.07) is 7.17. The molecule has 0 saturated heterocycles. The van der Waals surface area contributed by atoms with Crippen LogP contribution in [0.25, 0.3) is 17.0 Å². The van der Waals surface area contributed by atoms with Gasteiger partial charge in [0.25, 0.3) is 0 Å². The molecule has 3 aromatic rings. The number of aryl methyl sites for hydroxylation is 1. The summed E-state index contributed by atoms with van der Waals surface area (Å²) in [4.78, 5) is 12.4. The van der Waals surface area contributed by atoms with Gasteiger partial charge in [0.05, 0.1) is 23.4 Å². The third-order valence-electron chi connectivity index (χ3n) is 4.86. The molecule has 0 spiro atoms. The number of benzene rings is 1. The number of fused-ring (bicyclic) bond motifs is 1. The first-order valence-corrected chi connectivity index (χ1v) is 10.7. The van der Waals surface area contributed by atoms with E-state index in [0.29, 0.717) is 31.0 Å². The molecule has 0 radical (unpaired) electrons. The summed E-state index contributed by atoms with van der Waals surface area (Å²) in [5.41, 5.74) is 1.74. The van der Waals surface area contributed by atoms with E-state index in [1.54, 1.807) is 4.68 Å². The molecule has 0 bridgehead atoms. The number of para-hydroxylation sites is 2. The van der Waals surface area contributed by atoms with Gasteiger partial charge in [0.15, 0.2) is 0 Å². The van der Waals surface area contributed by atoms with Crippen LogP contribution in [-0.4, -0.2) is 56.7 Å². The number of nitrogens with one attached hydrogen (secondary N) is 2. The number of aliphatic hydroxyl groups is 1. The van der Waals surface area contributed by atoms with E-state index in [0.717, 1.165) is 23.1 Å². The normalized spacial score (nSPS) is 23.7. The topological polar surface area (TPSA) is 126 Å². The summed E-state index contributed by atoms with van der Waals surface area (Å²) < 4.78 is 27.4. The fraction of sp³-hybridized carbons (Fsp3) is 0.471. The maximum atomic E-state index is 11.6. The molecule has 1 fully saturated rings. The number of hydrogen-bond acceptors (Lipinski definition) is 6. The summed E-state index contributed by atoms with van der Waals surface area (Å²) in [6.45, 7) is 1.81. The Morgan fingerprint density at radius 1 is 1.26 bits per heavy atom. The van der Waals surface area contributed by atoms with Crippen molar-refractivity contribution < 1.29 is 13.5 Å². The lowest BCUT2D eigenvalue weighted by Gasteiger charge is -2.32. The molecule has 9 nitrogen and oxygen atoms in total. The molecule has 2 aromatic heterocycles. The average molecular weight is 390 g/mol. The standard InChI is InChI=1S/C17H22N6O3S/c1-10-18-16(11-7-8-15(24)14(9-11)22-27(2,25)26)23(21-10)17-19-12-5-3-4-6-13(12)20-17/h3-6,11,14-15,22,24H,7-9H2,1-2H3,(H,19,20)/t11-,14+,15+/m0/s1. The van der Waals surface area contributed by atoms with Gasteiger partial charge in [-0.05, 0) is 38.3 Å². The Balaban J connectivity index is 1.68. The van der Waals surface area contributed by atoms with E-state index in [4.69, 9.17) is 0 Å². The Morgan fingerprint density at radius 2 is 2.04 bits per heavy atom. The summed E-state index contributed by atoms with van der Waals surface area (Å²) in [5.74, 6) is 1.87. The molecule has 10 heteroatoms. The van der Waals surface area contributed by atoms with Gasteiger partial charge in [0.2, 0.25) is 16.0 Å². The third kappa shape index (κ3) is 3.73. The number of aromatic nitrogens is 5. The van der Waals surface area contributed by atoms with Crippen LogP contribution in [0, 0.1) is 6.92 Å². The zero-order valence-corrected chi connectivity index (χ0v) is 15.9. The Hall–Kier alpha value is -2.30. The maximum absolute atomic E-state index is 11.6. The number of sulfonamides is 1. The van der Waals surface area contributed by atoms with Crippen molar-refractivity contribution in [2.75, 3.05) is 6.26 Å². The number of imidazole rings is 1. The highest BCUT2D eigenvalue weighted by Crippen LogP contribution is 2.33. The molecule has 2 heterocycles. The molecule has 4 rings (SSSR count). The van der Waals surface area contributed by atoms with Gasteiger partial charge in [0, 0.05) is 12.0 Å². The average Bonchev–Trinajstić information content (AvgIpc) is 3.18. The molecule has 144 valence electrons. The highest BCUT2D eigenvalue weighted by Gasteiger charge is 2.34. The molecule has 3 atom stereocenters. The second kappa shape index (κ2) is 6.70. The summed E-state index contributed by atoms with van der Waals surface area (Å²) in [7, 11) is -3.41. The summed E-state index contributed by atoms with van der Waals surface area (Å²) in [6.07, 6.45) is 2.03. The predicted octanol–water partition coefficient (Wildman–Crippen LogP) is 0.998. The van der Waals surface area contributed by atoms with Crippen LogP contribution in [0.3, 0.4) is 0 Å². The van der Waals surface area contributed by atoms with Crippen molar-refractivity contribution in [3.05, 3.63) is 35.9 Å². The van der Waals surface area contributed by atoms with Crippen molar-refractivity contribution in [1.82, 2.24) is 29.5 Å². The molecule has 27 heavy (non-hydrogen) atoms. The van der Waals surface area contributed by atoms with E-state index in [2.05, 4.69) is 24.8 Å². The molecule has 3 N–H and O–H groups in total. The third-order valence-corrected chi connectivity index (χ3v) is 5.59. The van der Waals surface area contributed by atoms with Crippen LogP contribution in [0.1, 0.15) is 36.8 Å². The Kier molecular flexibility index (Phi) is 4.49. The number of hydrogen-bond donors (Lipinski definition) is 3. The molecule has 1 aliphatic rings. The molecule has 0 aliphatic heterocycles. The van der Waals surface area contributed by atoms with Gasteiger partial charge in [-0.1, -0.05) is 12.1 Å². The van der Waals surface area contributed by atoms with Crippen LogP contribution in [0.15, 0.2) is 24.3 Å². The minimum Gasteiger partial charge on any atom is -0.391 e. The van der Waals surface area contributed by atoms with Crippen LogP contribution >= 0.6 is 0 Å². The highest BCUT2D eigenvalue weighted by atomic mass is 32.2. The summed E-state index contributed by atoms with van der Waals surface area (Å²) >= 11 is 0. The van der Waals surface area contributed by atoms with Crippen molar-refractivity contribution in [2.45, 2.75) is 44.2 Å². The highest BCUT2D eigenvalue weighted by molar-refractivity contribution is 7.88. The maximum Gasteiger partial charge on any atom is 0.230 e. The van der Waals surface area contributed by atoms with Crippen LogP contribution in [0.5, 0.6) is 0 Å². The SMILES string of the molecule is Cc1nc([C@H]2CC[C@@H](O)[C@H](NS(C)(=O)=O)C2)n(-c2nc3ccccc3[nH]2)n1. The zero-order valence-electron chi connectivity index (χ0n) is 15.1. The van der Waals surface area contributed by atoms with E-state index >= 15 is 0 Å². The molecule has 0 unspecified atom stereocenters. The second-order valence-corrected chi connectivity index (χ2v) is 8.86. The monoisotopic (exact) mass is 390 g/mol. The lowest BCUT2D eigenvalue weighted by atomic mass is 9.83. The van der Waals surface area contributed by atoms with Gasteiger partial charge in [-0.15, -0.1) is 5.10 Å². The van der Waals surface area contributed by atoms with E-state index in [1.807, 2.05) is 31.2 Å². The largest absolute Gasteiger partial charge is 0.391 e. The number of nitrogens with zero attached hydrogens (tertiary/aromatic N) is 4. The van der Waals surface area contributed by atoms with Crippen molar-refractivity contribution in [2.24, 2.45) is 0 Å². The van der Waals surface area contributed by atoms with Crippen molar-refractivity contribution in [3.63, 3.8) is 0 Å². The zero-order chi connectivity index (χ0) is 19.2. The number of aliphatic hydroxyl groups excluding tert-OH is 1. The number of aromatic amines is 1. The van der Waals surface area contributed by atoms with Crippen LogP contribution in [0.2, 0.25) is 0 Å².